The first-order valence-corrected chi connectivity index (χ1v) is 5.96. The van der Waals surface area contributed by atoms with Gasteiger partial charge in [-0.15, -0.1) is 0 Å². The number of esters is 2. The Morgan fingerprint density at radius 2 is 1.21 bits per heavy atom. The fourth-order valence-corrected chi connectivity index (χ4v) is 0.769. The molecule has 0 aromatic heterocycles. The van der Waals surface area contributed by atoms with Gasteiger partial charge in [0.1, 0.15) is 22.2 Å². The summed E-state index contributed by atoms with van der Waals surface area (Å²) in [6.45, 7) is 3.11. The second-order valence-electron chi connectivity index (χ2n) is 2.33. The Morgan fingerprint density at radius 1 is 0.929 bits per heavy atom. The molecule has 0 saturated carbocycles. The highest BCUT2D eigenvalue weighted by Crippen LogP contribution is 2.08. The first-order chi connectivity index (χ1) is 6.51. The number of hydrogen-bond acceptors (Lipinski definition) is 4. The molecule has 0 bridgehead atoms. The molecule has 0 aliphatic rings. The van der Waals surface area contributed by atoms with Crippen LogP contribution in [-0.2, 0) is 19.1 Å². The minimum absolute atomic E-state index is 0.101. The zero-order valence-electron chi connectivity index (χ0n) is 7.80. The van der Waals surface area contributed by atoms with E-state index in [-0.39, 0.29) is 22.2 Å². The van der Waals surface area contributed by atoms with E-state index in [1.165, 1.54) is 0 Å². The Hall–Kier alpha value is -0.360. The number of rotatable bonds is 4. The Bertz CT molecular complexity index is 234. The molecule has 0 aliphatic heterocycles. The van der Waals surface area contributed by atoms with E-state index in [9.17, 15) is 9.59 Å². The van der Waals surface area contributed by atoms with Gasteiger partial charge in [-0.3, -0.25) is 9.59 Å². The lowest BCUT2D eigenvalue weighted by atomic mass is 10.4. The first-order valence-electron chi connectivity index (χ1n) is 3.72. The summed E-state index contributed by atoms with van der Waals surface area (Å²) in [5.74, 6) is -0.305. The highest BCUT2D eigenvalue weighted by Gasteiger charge is 2.08. The van der Waals surface area contributed by atoms with Gasteiger partial charge in [-0.2, -0.15) is 0 Å². The molecule has 0 unspecified atom stereocenters. The molecule has 0 spiro atoms. The third kappa shape index (κ3) is 5.39. The van der Waals surface area contributed by atoms with Crippen molar-refractivity contribution in [1.82, 2.24) is 0 Å². The number of carbonyl (C=O) groups is 2. The van der Waals surface area contributed by atoms with Crippen LogP contribution in [0.25, 0.3) is 0 Å². The predicted molar refractivity (Wildman–Crippen MR) is 58.1 cm³/mol. The summed E-state index contributed by atoms with van der Waals surface area (Å²) >= 11 is 5.89. The zero-order chi connectivity index (χ0) is 11.1. The van der Waals surface area contributed by atoms with Crippen LogP contribution < -0.4 is 0 Å². The fourth-order valence-electron chi connectivity index (χ4n) is 0.540. The molecule has 4 nitrogen and oxygen atoms in total. The second kappa shape index (κ2) is 7.00. The molecule has 0 fully saturated rings. The van der Waals surface area contributed by atoms with Crippen molar-refractivity contribution in [3.05, 3.63) is 11.5 Å². The Morgan fingerprint density at radius 3 is 1.43 bits per heavy atom. The maximum absolute atomic E-state index is 10.8. The zero-order valence-corrected chi connectivity index (χ0v) is 11.0. The van der Waals surface area contributed by atoms with E-state index in [1.54, 1.807) is 13.8 Å². The molecule has 0 atom stereocenters. The number of carbonyl (C=O) groups excluding carboxylic acids is 2. The molecule has 0 saturated heterocycles. The van der Waals surface area contributed by atoms with Crippen molar-refractivity contribution < 1.29 is 19.1 Å². The smallest absolute Gasteiger partial charge is 0.321 e. The summed E-state index contributed by atoms with van der Waals surface area (Å²) in [6, 6.07) is 0. The van der Waals surface area contributed by atoms with Crippen LogP contribution in [0.5, 0.6) is 0 Å². The van der Waals surface area contributed by atoms with Gasteiger partial charge in [-0.05, 0) is 13.8 Å². The minimum atomic E-state index is -0.434. The third-order valence-corrected chi connectivity index (χ3v) is 2.16. The molecule has 0 amide bonds. The van der Waals surface area contributed by atoms with Gasteiger partial charge in [0, 0.05) is 0 Å². The lowest BCUT2D eigenvalue weighted by Crippen LogP contribution is -2.09. The summed E-state index contributed by atoms with van der Waals surface area (Å²) in [5.41, 5.74) is 0. The highest BCUT2D eigenvalue weighted by atomic mass is 79.9. The van der Waals surface area contributed by atoms with Crippen LogP contribution in [0.4, 0.5) is 0 Å². The van der Waals surface area contributed by atoms with Crippen molar-refractivity contribution in [2.24, 2.45) is 0 Å². The molecular weight excluding hydrogens is 320 g/mol. The van der Waals surface area contributed by atoms with E-state index in [0.717, 1.165) is 0 Å². The molecule has 0 radical (unpaired) electrons. The van der Waals surface area contributed by atoms with Crippen LogP contribution in [0.15, 0.2) is 11.5 Å². The summed E-state index contributed by atoms with van der Waals surface area (Å²) in [4.78, 5) is 21.7. The van der Waals surface area contributed by atoms with Crippen LogP contribution in [0.2, 0.25) is 0 Å². The summed E-state index contributed by atoms with van der Waals surface area (Å²) < 4.78 is 9.62. The van der Waals surface area contributed by atoms with Gasteiger partial charge in [0.25, 0.3) is 0 Å². The van der Waals surface area contributed by atoms with E-state index in [0.29, 0.717) is 0 Å². The van der Waals surface area contributed by atoms with E-state index in [2.05, 4.69) is 31.9 Å². The molecule has 0 aliphatic carbocycles. The maximum Gasteiger partial charge on any atom is 0.321 e. The van der Waals surface area contributed by atoms with Crippen LogP contribution in [-0.4, -0.2) is 22.6 Å². The Kier molecular flexibility index (Phi) is 6.82. The number of ether oxygens (including phenoxy) is 2. The maximum atomic E-state index is 10.8. The van der Waals surface area contributed by atoms with Gasteiger partial charge in [0.15, 0.2) is 0 Å². The van der Waals surface area contributed by atoms with Crippen LogP contribution in [0.1, 0.15) is 13.8 Å². The average molecular weight is 330 g/mol. The largest absolute Gasteiger partial charge is 0.427 e. The average Bonchev–Trinajstić information content (AvgIpc) is 2.17. The van der Waals surface area contributed by atoms with E-state index < -0.39 is 11.9 Å². The number of alkyl halides is 2. The SMILES string of the molecule is CC(OC(=O)CBr)=C(C)OC(=O)CBr. The van der Waals surface area contributed by atoms with Gasteiger partial charge in [0.2, 0.25) is 0 Å². The molecule has 80 valence electrons. The van der Waals surface area contributed by atoms with E-state index >= 15 is 0 Å². The highest BCUT2D eigenvalue weighted by molar-refractivity contribution is 9.09. The lowest BCUT2D eigenvalue weighted by Gasteiger charge is -2.07. The van der Waals surface area contributed by atoms with Gasteiger partial charge in [-0.1, -0.05) is 31.9 Å². The number of hydrogen-bond donors (Lipinski definition) is 0. The second-order valence-corrected chi connectivity index (χ2v) is 3.45. The summed E-state index contributed by atoms with van der Waals surface area (Å²) in [7, 11) is 0. The Balaban J connectivity index is 4.28. The lowest BCUT2D eigenvalue weighted by molar-refractivity contribution is -0.140. The Labute approximate surface area is 98.9 Å². The van der Waals surface area contributed by atoms with Gasteiger partial charge in [-0.25, -0.2) is 0 Å². The standard InChI is InChI=1S/C8H10Br2O4/c1-5(13-7(11)3-9)6(2)14-8(12)4-10/h3-4H2,1-2H3. The van der Waals surface area contributed by atoms with Crippen molar-refractivity contribution in [3.8, 4) is 0 Å². The molecule has 0 rings (SSSR count). The van der Waals surface area contributed by atoms with Crippen LogP contribution in [0, 0.1) is 0 Å². The molecule has 0 aromatic carbocycles. The van der Waals surface area contributed by atoms with Gasteiger partial charge in [0.05, 0.1) is 0 Å². The van der Waals surface area contributed by atoms with Gasteiger partial charge >= 0.3 is 11.9 Å². The molecule has 0 aromatic rings. The molecule has 6 heteroatoms. The van der Waals surface area contributed by atoms with Crippen molar-refractivity contribution in [2.45, 2.75) is 13.8 Å². The van der Waals surface area contributed by atoms with E-state index in [1.807, 2.05) is 0 Å². The summed E-state index contributed by atoms with van der Waals surface area (Å²) in [5, 5.41) is 0.202. The van der Waals surface area contributed by atoms with Crippen molar-refractivity contribution in [3.63, 3.8) is 0 Å². The van der Waals surface area contributed by atoms with Crippen molar-refractivity contribution >= 4 is 43.8 Å². The van der Waals surface area contributed by atoms with Crippen LogP contribution >= 0.6 is 31.9 Å². The monoisotopic (exact) mass is 328 g/mol. The summed E-state index contributed by atoms with van der Waals surface area (Å²) in [6.07, 6.45) is 0. The van der Waals surface area contributed by atoms with Gasteiger partial charge < -0.3 is 9.47 Å². The molecular formula is C8H10Br2O4. The van der Waals surface area contributed by atoms with Crippen LogP contribution in [0.3, 0.4) is 0 Å². The number of halogens is 2. The fraction of sp³-hybridized carbons (Fsp3) is 0.500. The topological polar surface area (TPSA) is 52.6 Å². The molecule has 14 heavy (non-hydrogen) atoms. The third-order valence-electron chi connectivity index (χ3n) is 1.25. The van der Waals surface area contributed by atoms with Crippen molar-refractivity contribution in [2.75, 3.05) is 10.7 Å². The number of allylic oxidation sites excluding steroid dienone is 2. The quantitative estimate of drug-likeness (QED) is 0.450. The molecule has 0 heterocycles. The minimum Gasteiger partial charge on any atom is -0.427 e. The molecule has 0 N–H and O–H groups in total. The first kappa shape index (κ1) is 13.6. The normalized spacial score (nSPS) is 11.7. The van der Waals surface area contributed by atoms with E-state index in [4.69, 9.17) is 9.47 Å². The van der Waals surface area contributed by atoms with Crippen molar-refractivity contribution in [1.29, 1.82) is 0 Å². The predicted octanol–water partition coefficient (Wildman–Crippen LogP) is 2.11.